The van der Waals surface area contributed by atoms with Gasteiger partial charge < -0.3 is 4.57 Å². The van der Waals surface area contributed by atoms with Crippen LogP contribution in [0.3, 0.4) is 0 Å². The van der Waals surface area contributed by atoms with Gasteiger partial charge in [0.2, 0.25) is 0 Å². The molecule has 8 aromatic rings. The molecule has 0 N–H and O–H groups in total. The van der Waals surface area contributed by atoms with Gasteiger partial charge in [-0.15, -0.1) is 0 Å². The van der Waals surface area contributed by atoms with Gasteiger partial charge in [-0.3, -0.25) is 0 Å². The Bertz CT molecular complexity index is 2880. The van der Waals surface area contributed by atoms with Gasteiger partial charge in [-0.2, -0.15) is 0 Å². The summed E-state index contributed by atoms with van der Waals surface area (Å²) >= 11 is 0. The molecule has 0 radical (unpaired) electrons. The monoisotopic (exact) mass is 731 g/mol. The number of allylic oxidation sites excluding steroid dienone is 1. The highest BCUT2D eigenvalue weighted by molar-refractivity contribution is 5.94. The molecule has 0 atom stereocenters. The fraction of sp³-hybridized carbons (Fsp3) is 0.143. The number of aromatic nitrogens is 1. The summed E-state index contributed by atoms with van der Waals surface area (Å²) in [6.45, 7) is 4.76. The Morgan fingerprint density at radius 1 is 0.561 bits per heavy atom. The standard InChI is InChI=1S/C56H45N/c1-3-55(4-2)50-36-38(31-34-43(50)44-35-33-42(37-51(44)55)57-52-28-15-12-23-45(52)46-24-13-16-29-53(46)57)30-32-39-18-17-27-49-54(39)47-25-11-14-26-48(47)56(49,40-19-7-5-8-20-40)41-21-9-6-10-22-41/h5-12,14-23,25-37H,3-4,13,24H2,1-2H3/b32-30+. The van der Waals surface area contributed by atoms with Crippen LogP contribution in [0.4, 0.5) is 0 Å². The minimum Gasteiger partial charge on any atom is -0.310 e. The fourth-order valence-corrected chi connectivity index (χ4v) is 11.1. The molecule has 274 valence electrons. The van der Waals surface area contributed by atoms with E-state index in [0.717, 1.165) is 25.7 Å². The van der Waals surface area contributed by atoms with Crippen molar-refractivity contribution in [3.8, 4) is 27.9 Å². The molecule has 1 aromatic heterocycles. The number of fused-ring (bicyclic) bond motifs is 9. The minimum atomic E-state index is -0.402. The van der Waals surface area contributed by atoms with E-state index in [1.54, 1.807) is 0 Å². The predicted octanol–water partition coefficient (Wildman–Crippen LogP) is 14.2. The molecule has 0 saturated heterocycles. The molecule has 0 saturated carbocycles. The Balaban J connectivity index is 1.02. The molecule has 57 heavy (non-hydrogen) atoms. The number of benzene rings is 7. The highest BCUT2D eigenvalue weighted by atomic mass is 15.0. The lowest BCUT2D eigenvalue weighted by Crippen LogP contribution is -2.28. The number of hydrogen-bond donors (Lipinski definition) is 0. The first-order chi connectivity index (χ1) is 28.2. The van der Waals surface area contributed by atoms with Crippen LogP contribution < -0.4 is 0 Å². The van der Waals surface area contributed by atoms with Crippen molar-refractivity contribution in [1.82, 2.24) is 4.57 Å². The van der Waals surface area contributed by atoms with E-state index in [1.165, 1.54) is 94.6 Å². The second kappa shape index (κ2) is 13.1. The van der Waals surface area contributed by atoms with Crippen molar-refractivity contribution in [3.05, 3.63) is 226 Å². The Morgan fingerprint density at radius 2 is 1.23 bits per heavy atom. The van der Waals surface area contributed by atoms with Crippen LogP contribution in [0.15, 0.2) is 170 Å². The number of rotatable bonds is 7. The molecule has 0 amide bonds. The van der Waals surface area contributed by atoms with Gasteiger partial charge in [0.05, 0.1) is 10.9 Å². The van der Waals surface area contributed by atoms with Gasteiger partial charge in [-0.25, -0.2) is 0 Å². The Kier molecular flexibility index (Phi) is 7.76. The van der Waals surface area contributed by atoms with Crippen LogP contribution in [0.1, 0.15) is 88.9 Å². The third kappa shape index (κ3) is 4.75. The Labute approximate surface area is 336 Å². The molecular formula is C56H45N. The lowest BCUT2D eigenvalue weighted by Gasteiger charge is -2.33. The lowest BCUT2D eigenvalue weighted by atomic mass is 9.67. The van der Waals surface area contributed by atoms with Gasteiger partial charge in [-0.1, -0.05) is 178 Å². The second-order valence-corrected chi connectivity index (χ2v) is 16.1. The van der Waals surface area contributed by atoms with Crippen molar-refractivity contribution in [2.45, 2.75) is 50.4 Å². The van der Waals surface area contributed by atoms with Crippen LogP contribution >= 0.6 is 0 Å². The topological polar surface area (TPSA) is 4.93 Å². The predicted molar refractivity (Wildman–Crippen MR) is 240 cm³/mol. The molecule has 0 unspecified atom stereocenters. The van der Waals surface area contributed by atoms with Crippen molar-refractivity contribution in [2.24, 2.45) is 0 Å². The number of aryl methyl sites for hydroxylation is 1. The van der Waals surface area contributed by atoms with E-state index in [4.69, 9.17) is 0 Å². The molecule has 3 aliphatic rings. The SMILES string of the molecule is CCC1(CC)c2cc(/C=C/c3cccc4c3-c3ccccc3C4(c3ccccc3)c3ccccc3)ccc2-c2ccc(-n3c4c(c5ccccc53)CCC=C4)cc21. The zero-order chi connectivity index (χ0) is 38.1. The highest BCUT2D eigenvalue weighted by Gasteiger charge is 2.46. The van der Waals surface area contributed by atoms with Gasteiger partial charge in [0.25, 0.3) is 0 Å². The van der Waals surface area contributed by atoms with Gasteiger partial charge >= 0.3 is 0 Å². The highest BCUT2D eigenvalue weighted by Crippen LogP contribution is 2.57. The number of nitrogens with zero attached hydrogens (tertiary/aromatic N) is 1. The summed E-state index contributed by atoms with van der Waals surface area (Å²) < 4.78 is 2.51. The van der Waals surface area contributed by atoms with Crippen LogP contribution in [-0.2, 0) is 17.3 Å². The average molecular weight is 732 g/mol. The van der Waals surface area contributed by atoms with E-state index >= 15 is 0 Å². The molecule has 0 bridgehead atoms. The summed E-state index contributed by atoms with van der Waals surface area (Å²) in [7, 11) is 0. The largest absolute Gasteiger partial charge is 0.310 e. The quantitative estimate of drug-likeness (QED) is 0.144. The molecule has 11 rings (SSSR count). The maximum Gasteiger partial charge on any atom is 0.0713 e. The van der Waals surface area contributed by atoms with E-state index in [-0.39, 0.29) is 5.41 Å². The zero-order valence-electron chi connectivity index (χ0n) is 32.7. The molecule has 0 aliphatic heterocycles. The van der Waals surface area contributed by atoms with Crippen molar-refractivity contribution in [1.29, 1.82) is 0 Å². The maximum atomic E-state index is 2.52. The third-order valence-corrected chi connectivity index (χ3v) is 13.7. The molecule has 7 aromatic carbocycles. The first kappa shape index (κ1) is 33.9. The van der Waals surface area contributed by atoms with E-state index in [9.17, 15) is 0 Å². The molecule has 1 heterocycles. The average Bonchev–Trinajstić information content (AvgIpc) is 3.88. The zero-order valence-corrected chi connectivity index (χ0v) is 32.7. The molecule has 1 heteroatoms. The van der Waals surface area contributed by atoms with E-state index < -0.39 is 5.41 Å². The molecule has 1 nitrogen and oxygen atoms in total. The van der Waals surface area contributed by atoms with Crippen molar-refractivity contribution < 1.29 is 0 Å². The summed E-state index contributed by atoms with van der Waals surface area (Å²) in [5, 5.41) is 1.38. The van der Waals surface area contributed by atoms with Crippen molar-refractivity contribution >= 4 is 29.1 Å². The molecule has 3 aliphatic carbocycles. The van der Waals surface area contributed by atoms with Crippen molar-refractivity contribution in [3.63, 3.8) is 0 Å². The lowest BCUT2D eigenvalue weighted by molar-refractivity contribution is 0.490. The minimum absolute atomic E-state index is 0.0543. The molecule has 0 spiro atoms. The van der Waals surface area contributed by atoms with Crippen LogP contribution in [0.25, 0.3) is 57.1 Å². The third-order valence-electron chi connectivity index (χ3n) is 13.7. The van der Waals surface area contributed by atoms with Gasteiger partial charge in [0.1, 0.15) is 0 Å². The molecule has 0 fully saturated rings. The van der Waals surface area contributed by atoms with E-state index in [1.807, 2.05) is 0 Å². The van der Waals surface area contributed by atoms with Crippen LogP contribution in [0.5, 0.6) is 0 Å². The van der Waals surface area contributed by atoms with E-state index in [2.05, 4.69) is 207 Å². The maximum absolute atomic E-state index is 2.52. The summed E-state index contributed by atoms with van der Waals surface area (Å²) in [5.41, 5.74) is 21.0. The van der Waals surface area contributed by atoms with Crippen LogP contribution in [0, 0.1) is 0 Å². The van der Waals surface area contributed by atoms with Crippen LogP contribution in [-0.4, -0.2) is 4.57 Å². The van der Waals surface area contributed by atoms with Gasteiger partial charge in [-0.05, 0) is 122 Å². The van der Waals surface area contributed by atoms with Gasteiger partial charge in [0, 0.05) is 22.2 Å². The normalized spacial score (nSPS) is 15.3. The summed E-state index contributed by atoms with van der Waals surface area (Å²) in [5.74, 6) is 0. The van der Waals surface area contributed by atoms with Crippen LogP contribution in [0.2, 0.25) is 0 Å². The number of para-hydroxylation sites is 1. The first-order valence-corrected chi connectivity index (χ1v) is 20.8. The summed E-state index contributed by atoms with van der Waals surface area (Å²) in [6.07, 6.45) is 13.7. The molecular weight excluding hydrogens is 687 g/mol. The second-order valence-electron chi connectivity index (χ2n) is 16.1. The van der Waals surface area contributed by atoms with Gasteiger partial charge in [0.15, 0.2) is 0 Å². The fourth-order valence-electron chi connectivity index (χ4n) is 11.1. The summed E-state index contributed by atoms with van der Waals surface area (Å²) in [4.78, 5) is 0. The Morgan fingerprint density at radius 3 is 2.00 bits per heavy atom. The van der Waals surface area contributed by atoms with E-state index in [0.29, 0.717) is 0 Å². The first-order valence-electron chi connectivity index (χ1n) is 20.8. The summed E-state index contributed by atoms with van der Waals surface area (Å²) in [6, 6.07) is 61.5. The smallest absolute Gasteiger partial charge is 0.0713 e. The Hall–Kier alpha value is -6.44. The van der Waals surface area contributed by atoms with Crippen molar-refractivity contribution in [2.75, 3.05) is 0 Å². The number of hydrogen-bond acceptors (Lipinski definition) is 0.